The number of nitrogens with one attached hydrogen (secondary N) is 1. The van der Waals surface area contributed by atoms with Crippen molar-refractivity contribution in [2.75, 3.05) is 22.9 Å². The molecule has 1 N–H and O–H groups in total. The molecule has 2 aromatic rings. The molecule has 2 aromatic carbocycles. The Morgan fingerprint density at radius 2 is 1.83 bits per heavy atom. The van der Waals surface area contributed by atoms with Crippen LogP contribution in [0.4, 0.5) is 5.69 Å². The Balaban J connectivity index is 1.94. The number of thioether (sulfide) groups is 1. The molecule has 164 valence electrons. The minimum absolute atomic E-state index is 0.344. The Bertz CT molecular complexity index is 1010. The van der Waals surface area contributed by atoms with Crippen molar-refractivity contribution in [2.24, 2.45) is 0 Å². The lowest BCUT2D eigenvalue weighted by atomic mass is 10.1. The van der Waals surface area contributed by atoms with Crippen molar-refractivity contribution in [1.29, 1.82) is 0 Å². The summed E-state index contributed by atoms with van der Waals surface area (Å²) in [5, 5.41) is 4.03. The number of amides is 1. The van der Waals surface area contributed by atoms with Crippen LogP contribution in [0.5, 0.6) is 0 Å². The van der Waals surface area contributed by atoms with Gasteiger partial charge in [-0.15, -0.1) is 0 Å². The first-order valence-corrected chi connectivity index (χ1v) is 13.1. The lowest BCUT2D eigenvalue weighted by molar-refractivity contribution is -0.121. The van der Waals surface area contributed by atoms with E-state index in [4.69, 9.17) is 23.2 Å². The van der Waals surface area contributed by atoms with Crippen LogP contribution in [0.3, 0.4) is 0 Å². The van der Waals surface area contributed by atoms with Gasteiger partial charge in [0.1, 0.15) is 6.04 Å². The van der Waals surface area contributed by atoms with Crippen LogP contribution < -0.4 is 9.62 Å². The molecule has 0 radical (unpaired) electrons. The maximum atomic E-state index is 12.6. The van der Waals surface area contributed by atoms with E-state index >= 15 is 0 Å². The first-order chi connectivity index (χ1) is 14.0. The van der Waals surface area contributed by atoms with E-state index in [0.717, 1.165) is 27.3 Å². The van der Waals surface area contributed by atoms with E-state index in [-0.39, 0.29) is 5.91 Å². The number of anilines is 1. The predicted molar refractivity (Wildman–Crippen MR) is 128 cm³/mol. The molecule has 0 saturated heterocycles. The Kier molecular flexibility index (Phi) is 8.91. The molecule has 0 spiro atoms. The van der Waals surface area contributed by atoms with Gasteiger partial charge >= 0.3 is 0 Å². The molecule has 0 bridgehead atoms. The lowest BCUT2D eigenvalue weighted by Gasteiger charge is -2.28. The summed E-state index contributed by atoms with van der Waals surface area (Å²) in [4.78, 5) is 12.6. The van der Waals surface area contributed by atoms with Crippen molar-refractivity contribution >= 4 is 56.6 Å². The standard InChI is InChI=1S/C21H26Cl2N2O3S2/c1-14-5-8-19(11-15(14)2)25(30(4,27)28)16(3)21(26)24-9-10-29-13-17-6-7-18(22)12-20(17)23/h5-8,11-12,16H,9-10,13H2,1-4H3,(H,24,26)/t16-/m1/s1. The lowest BCUT2D eigenvalue weighted by Crippen LogP contribution is -2.48. The van der Waals surface area contributed by atoms with Gasteiger partial charge in [-0.05, 0) is 61.7 Å². The molecule has 0 aliphatic rings. The molecule has 0 aromatic heterocycles. The summed E-state index contributed by atoms with van der Waals surface area (Å²) in [6, 6.07) is 9.87. The summed E-state index contributed by atoms with van der Waals surface area (Å²) in [5.41, 5.74) is 3.48. The minimum atomic E-state index is -3.63. The molecule has 0 unspecified atom stereocenters. The highest BCUT2D eigenvalue weighted by atomic mass is 35.5. The van der Waals surface area contributed by atoms with Crippen LogP contribution >= 0.6 is 35.0 Å². The molecular weight excluding hydrogens is 463 g/mol. The Hall–Kier alpha value is -1.41. The summed E-state index contributed by atoms with van der Waals surface area (Å²) < 4.78 is 25.9. The van der Waals surface area contributed by atoms with Gasteiger partial charge in [-0.2, -0.15) is 11.8 Å². The van der Waals surface area contributed by atoms with Gasteiger partial charge in [-0.25, -0.2) is 8.42 Å². The normalized spacial score (nSPS) is 12.5. The molecule has 0 saturated carbocycles. The monoisotopic (exact) mass is 488 g/mol. The van der Waals surface area contributed by atoms with E-state index in [9.17, 15) is 13.2 Å². The number of sulfonamides is 1. The highest BCUT2D eigenvalue weighted by Gasteiger charge is 2.29. The quantitative estimate of drug-likeness (QED) is 0.514. The van der Waals surface area contributed by atoms with Gasteiger partial charge in [0.15, 0.2) is 0 Å². The number of aryl methyl sites for hydroxylation is 2. The molecule has 0 aliphatic heterocycles. The smallest absolute Gasteiger partial charge is 0.243 e. The van der Waals surface area contributed by atoms with E-state index in [1.165, 1.54) is 0 Å². The summed E-state index contributed by atoms with van der Waals surface area (Å²) >= 11 is 13.7. The van der Waals surface area contributed by atoms with Crippen LogP contribution in [0.25, 0.3) is 0 Å². The van der Waals surface area contributed by atoms with Crippen LogP contribution in [0.2, 0.25) is 10.0 Å². The second-order valence-electron chi connectivity index (χ2n) is 7.08. The highest BCUT2D eigenvalue weighted by Crippen LogP contribution is 2.25. The van der Waals surface area contributed by atoms with Crippen LogP contribution in [0.15, 0.2) is 36.4 Å². The Labute approximate surface area is 193 Å². The number of nitrogens with zero attached hydrogens (tertiary/aromatic N) is 1. The van der Waals surface area contributed by atoms with Crippen LogP contribution in [-0.2, 0) is 20.6 Å². The summed E-state index contributed by atoms with van der Waals surface area (Å²) in [5.74, 6) is 1.02. The number of rotatable bonds is 9. The Morgan fingerprint density at radius 1 is 1.13 bits per heavy atom. The van der Waals surface area contributed by atoms with E-state index in [0.29, 0.717) is 33.8 Å². The summed E-state index contributed by atoms with van der Waals surface area (Å²) in [6.07, 6.45) is 1.11. The molecular formula is C21H26Cl2N2O3S2. The van der Waals surface area contributed by atoms with Gasteiger partial charge in [0.05, 0.1) is 11.9 Å². The molecule has 2 rings (SSSR count). The zero-order valence-electron chi connectivity index (χ0n) is 17.4. The SMILES string of the molecule is Cc1ccc(N([C@H](C)C(=O)NCCSCc2ccc(Cl)cc2Cl)S(C)(=O)=O)cc1C. The highest BCUT2D eigenvalue weighted by molar-refractivity contribution is 7.98. The summed E-state index contributed by atoms with van der Waals surface area (Å²) in [6.45, 7) is 5.87. The van der Waals surface area contributed by atoms with E-state index in [1.807, 2.05) is 26.0 Å². The van der Waals surface area contributed by atoms with Gasteiger partial charge in [0, 0.05) is 28.1 Å². The number of hydrogen-bond donors (Lipinski definition) is 1. The zero-order chi connectivity index (χ0) is 22.5. The zero-order valence-corrected chi connectivity index (χ0v) is 20.6. The maximum absolute atomic E-state index is 12.6. The first kappa shape index (κ1) is 24.9. The van der Waals surface area contributed by atoms with Gasteiger partial charge in [0.25, 0.3) is 0 Å². The third-order valence-corrected chi connectivity index (χ3v) is 7.49. The summed E-state index contributed by atoms with van der Waals surface area (Å²) in [7, 11) is -3.63. The number of halogens is 2. The van der Waals surface area contributed by atoms with E-state index < -0.39 is 16.1 Å². The third-order valence-electron chi connectivity index (χ3n) is 4.65. The van der Waals surface area contributed by atoms with Crippen molar-refractivity contribution < 1.29 is 13.2 Å². The van der Waals surface area contributed by atoms with Crippen LogP contribution in [-0.4, -0.2) is 38.9 Å². The molecule has 1 amide bonds. The van der Waals surface area contributed by atoms with Gasteiger partial charge in [-0.1, -0.05) is 35.3 Å². The maximum Gasteiger partial charge on any atom is 0.243 e. The molecule has 9 heteroatoms. The van der Waals surface area contributed by atoms with Crippen LogP contribution in [0, 0.1) is 13.8 Å². The van der Waals surface area contributed by atoms with Crippen molar-refractivity contribution in [1.82, 2.24) is 5.32 Å². The van der Waals surface area contributed by atoms with Crippen molar-refractivity contribution in [3.8, 4) is 0 Å². The van der Waals surface area contributed by atoms with Crippen molar-refractivity contribution in [2.45, 2.75) is 32.6 Å². The second kappa shape index (κ2) is 10.8. The van der Waals surface area contributed by atoms with Crippen LogP contribution in [0.1, 0.15) is 23.6 Å². The Morgan fingerprint density at radius 3 is 2.43 bits per heavy atom. The third kappa shape index (κ3) is 6.80. The van der Waals surface area contributed by atoms with Gasteiger partial charge in [-0.3, -0.25) is 9.10 Å². The molecule has 0 heterocycles. The first-order valence-electron chi connectivity index (χ1n) is 9.36. The molecule has 5 nitrogen and oxygen atoms in total. The number of benzene rings is 2. The van der Waals surface area contributed by atoms with Gasteiger partial charge in [0.2, 0.25) is 15.9 Å². The van der Waals surface area contributed by atoms with Gasteiger partial charge < -0.3 is 5.32 Å². The fourth-order valence-electron chi connectivity index (χ4n) is 2.89. The fraction of sp³-hybridized carbons (Fsp3) is 0.381. The molecule has 1 atom stereocenters. The average Bonchev–Trinajstić information content (AvgIpc) is 2.64. The minimum Gasteiger partial charge on any atom is -0.353 e. The van der Waals surface area contributed by atoms with E-state index in [1.54, 1.807) is 43.0 Å². The van der Waals surface area contributed by atoms with Crippen molar-refractivity contribution in [3.63, 3.8) is 0 Å². The molecule has 0 aliphatic carbocycles. The largest absolute Gasteiger partial charge is 0.353 e. The fourth-order valence-corrected chi connectivity index (χ4v) is 5.47. The predicted octanol–water partition coefficient (Wildman–Crippen LogP) is 4.81. The topological polar surface area (TPSA) is 66.5 Å². The van der Waals surface area contributed by atoms with Crippen molar-refractivity contribution in [3.05, 3.63) is 63.1 Å². The molecule has 30 heavy (non-hydrogen) atoms. The molecule has 0 fully saturated rings. The number of hydrogen-bond acceptors (Lipinski definition) is 4. The number of carbonyl (C=O) groups excluding carboxylic acids is 1. The second-order valence-corrected chi connectivity index (χ2v) is 10.9. The van der Waals surface area contributed by atoms with E-state index in [2.05, 4.69) is 5.32 Å². The average molecular weight is 489 g/mol. The number of carbonyl (C=O) groups is 1.